The predicted octanol–water partition coefficient (Wildman–Crippen LogP) is 2.23. The van der Waals surface area contributed by atoms with Crippen molar-refractivity contribution >= 4 is 16.7 Å². The number of imidazole rings is 1. The van der Waals surface area contributed by atoms with Crippen molar-refractivity contribution in [3.63, 3.8) is 0 Å². The highest BCUT2D eigenvalue weighted by atomic mass is 15.1. The Morgan fingerprint density at radius 1 is 1.19 bits per heavy atom. The van der Waals surface area contributed by atoms with Gasteiger partial charge in [-0.1, -0.05) is 0 Å². The number of hydrogen-bond donors (Lipinski definition) is 1. The molecule has 4 nitrogen and oxygen atoms in total. The fraction of sp³-hybridized carbons (Fsp3) is 0.500. The lowest BCUT2D eigenvalue weighted by atomic mass is 10.3. The fourth-order valence-corrected chi connectivity index (χ4v) is 2.43. The van der Waals surface area contributed by atoms with E-state index in [1.165, 1.54) is 31.5 Å². The van der Waals surface area contributed by atoms with Gasteiger partial charge in [-0.2, -0.15) is 0 Å². The number of pyridine rings is 1. The van der Waals surface area contributed by atoms with Crippen LogP contribution in [0.2, 0.25) is 0 Å². The lowest BCUT2D eigenvalue weighted by Crippen LogP contribution is -2.01. The van der Waals surface area contributed by atoms with Gasteiger partial charge in [0.1, 0.15) is 11.3 Å². The van der Waals surface area contributed by atoms with Gasteiger partial charge in [-0.3, -0.25) is 4.98 Å². The maximum Gasteiger partial charge on any atom is 0.113 e. The Bertz CT molecular complexity index is 564. The second-order valence-electron chi connectivity index (χ2n) is 4.94. The van der Waals surface area contributed by atoms with E-state index in [2.05, 4.69) is 9.55 Å². The first-order chi connectivity index (χ1) is 7.84. The van der Waals surface area contributed by atoms with Crippen LogP contribution >= 0.6 is 0 Å². The van der Waals surface area contributed by atoms with Crippen LogP contribution in [0.3, 0.4) is 0 Å². The number of anilines is 1. The van der Waals surface area contributed by atoms with E-state index in [1.807, 2.05) is 6.20 Å². The third-order valence-electron chi connectivity index (χ3n) is 3.50. The summed E-state index contributed by atoms with van der Waals surface area (Å²) in [5, 5.41) is 0. The van der Waals surface area contributed by atoms with Crippen molar-refractivity contribution < 1.29 is 0 Å². The molecule has 2 saturated carbocycles. The number of rotatable bonds is 2. The highest BCUT2D eigenvalue weighted by Gasteiger charge is 2.35. The topological polar surface area (TPSA) is 56.7 Å². The van der Waals surface area contributed by atoms with Crippen LogP contribution in [0, 0.1) is 0 Å². The average Bonchev–Trinajstić information content (AvgIpc) is 3.16. The summed E-state index contributed by atoms with van der Waals surface area (Å²) < 4.78 is 2.38. The first-order valence-electron chi connectivity index (χ1n) is 5.96. The first kappa shape index (κ1) is 8.56. The Balaban J connectivity index is 2.05. The van der Waals surface area contributed by atoms with E-state index in [4.69, 9.17) is 10.7 Å². The summed E-state index contributed by atoms with van der Waals surface area (Å²) in [6, 6.07) is 0.644. The van der Waals surface area contributed by atoms with E-state index >= 15 is 0 Å². The molecule has 2 aliphatic carbocycles. The molecule has 0 aliphatic heterocycles. The molecule has 2 aromatic rings. The molecule has 0 saturated heterocycles. The van der Waals surface area contributed by atoms with E-state index < -0.39 is 0 Å². The number of nitrogens with zero attached hydrogens (tertiary/aromatic N) is 3. The summed E-state index contributed by atoms with van der Waals surface area (Å²) in [6.07, 6.45) is 8.67. The summed E-state index contributed by atoms with van der Waals surface area (Å²) in [5.74, 6) is 1.92. The van der Waals surface area contributed by atoms with Crippen LogP contribution in [0.1, 0.15) is 43.5 Å². The molecule has 2 fully saturated rings. The van der Waals surface area contributed by atoms with Crippen LogP contribution in [0.25, 0.3) is 11.0 Å². The zero-order chi connectivity index (χ0) is 10.7. The van der Waals surface area contributed by atoms with Crippen LogP contribution in [0.4, 0.5) is 5.69 Å². The van der Waals surface area contributed by atoms with E-state index in [0.717, 1.165) is 16.7 Å². The summed E-state index contributed by atoms with van der Waals surface area (Å²) in [7, 11) is 0. The molecule has 0 aromatic carbocycles. The van der Waals surface area contributed by atoms with Crippen molar-refractivity contribution in [1.82, 2.24) is 14.5 Å². The van der Waals surface area contributed by atoms with Crippen molar-refractivity contribution in [3.05, 3.63) is 18.2 Å². The largest absolute Gasteiger partial charge is 0.396 e. The number of fused-ring (bicyclic) bond motifs is 1. The molecule has 2 heterocycles. The molecule has 4 rings (SSSR count). The molecule has 2 aromatic heterocycles. The third-order valence-corrected chi connectivity index (χ3v) is 3.50. The van der Waals surface area contributed by atoms with Gasteiger partial charge in [0.2, 0.25) is 0 Å². The van der Waals surface area contributed by atoms with Gasteiger partial charge >= 0.3 is 0 Å². The molecule has 0 atom stereocenters. The van der Waals surface area contributed by atoms with Gasteiger partial charge in [0.05, 0.1) is 23.6 Å². The smallest absolute Gasteiger partial charge is 0.113 e. The molecule has 0 bridgehead atoms. The van der Waals surface area contributed by atoms with E-state index in [-0.39, 0.29) is 0 Å². The van der Waals surface area contributed by atoms with Gasteiger partial charge in [-0.15, -0.1) is 0 Å². The van der Waals surface area contributed by atoms with Crippen LogP contribution < -0.4 is 5.73 Å². The minimum atomic E-state index is 0.644. The number of hydrogen-bond acceptors (Lipinski definition) is 3. The third kappa shape index (κ3) is 1.10. The van der Waals surface area contributed by atoms with Crippen molar-refractivity contribution in [3.8, 4) is 0 Å². The lowest BCUT2D eigenvalue weighted by Gasteiger charge is -2.07. The second-order valence-corrected chi connectivity index (χ2v) is 4.94. The van der Waals surface area contributed by atoms with E-state index in [0.29, 0.717) is 12.0 Å². The normalized spacial score (nSPS) is 20.5. The monoisotopic (exact) mass is 214 g/mol. The van der Waals surface area contributed by atoms with Crippen molar-refractivity contribution in [2.75, 3.05) is 5.73 Å². The van der Waals surface area contributed by atoms with Crippen molar-refractivity contribution in [2.24, 2.45) is 0 Å². The summed E-state index contributed by atoms with van der Waals surface area (Å²) >= 11 is 0. The molecule has 0 amide bonds. The highest BCUT2D eigenvalue weighted by molar-refractivity contribution is 5.87. The maximum absolute atomic E-state index is 6.03. The molecule has 2 aliphatic rings. The van der Waals surface area contributed by atoms with Crippen molar-refractivity contribution in [1.29, 1.82) is 0 Å². The zero-order valence-electron chi connectivity index (χ0n) is 9.06. The summed E-state index contributed by atoms with van der Waals surface area (Å²) in [5.41, 5.74) is 8.88. The molecule has 4 heteroatoms. The molecule has 0 spiro atoms. The lowest BCUT2D eigenvalue weighted by molar-refractivity contribution is 0.704. The Hall–Kier alpha value is -1.58. The zero-order valence-corrected chi connectivity index (χ0v) is 9.06. The quantitative estimate of drug-likeness (QED) is 0.834. The Morgan fingerprint density at radius 2 is 2.00 bits per heavy atom. The van der Waals surface area contributed by atoms with Crippen LogP contribution in [-0.4, -0.2) is 14.5 Å². The van der Waals surface area contributed by atoms with Gasteiger partial charge in [-0.25, -0.2) is 4.98 Å². The SMILES string of the molecule is Nc1cncc2nc(C3CC3)n(C3CC3)c12. The molecule has 16 heavy (non-hydrogen) atoms. The predicted molar refractivity (Wildman–Crippen MR) is 62.2 cm³/mol. The molecule has 0 unspecified atom stereocenters. The number of nitrogens with two attached hydrogens (primary N) is 1. The van der Waals surface area contributed by atoms with Gasteiger partial charge in [0.15, 0.2) is 0 Å². The van der Waals surface area contributed by atoms with Crippen LogP contribution in [-0.2, 0) is 0 Å². The van der Waals surface area contributed by atoms with E-state index in [9.17, 15) is 0 Å². The minimum Gasteiger partial charge on any atom is -0.396 e. The molecule has 0 radical (unpaired) electrons. The fourth-order valence-electron chi connectivity index (χ4n) is 2.43. The molecule has 82 valence electrons. The second kappa shape index (κ2) is 2.75. The number of nitrogen functional groups attached to an aromatic ring is 1. The first-order valence-corrected chi connectivity index (χ1v) is 5.96. The van der Waals surface area contributed by atoms with Gasteiger partial charge in [0.25, 0.3) is 0 Å². The Kier molecular flexibility index (Phi) is 1.47. The van der Waals surface area contributed by atoms with E-state index in [1.54, 1.807) is 6.20 Å². The Morgan fingerprint density at radius 3 is 2.69 bits per heavy atom. The minimum absolute atomic E-state index is 0.644. The number of aromatic nitrogens is 3. The standard InChI is InChI=1S/C12H14N4/c13-9-5-14-6-10-11(9)16(8-3-4-8)12(15-10)7-1-2-7/h5-8H,1-4,13H2. The van der Waals surface area contributed by atoms with Crippen molar-refractivity contribution in [2.45, 2.75) is 37.6 Å². The maximum atomic E-state index is 6.03. The average molecular weight is 214 g/mol. The van der Waals surface area contributed by atoms with Gasteiger partial charge in [0, 0.05) is 12.0 Å². The highest BCUT2D eigenvalue weighted by Crippen LogP contribution is 2.47. The molecular formula is C12H14N4. The molecule has 2 N–H and O–H groups in total. The van der Waals surface area contributed by atoms with Gasteiger partial charge < -0.3 is 10.3 Å². The Labute approximate surface area is 93.5 Å². The summed E-state index contributed by atoms with van der Waals surface area (Å²) in [6.45, 7) is 0. The van der Waals surface area contributed by atoms with Crippen LogP contribution in [0.15, 0.2) is 12.4 Å². The van der Waals surface area contributed by atoms with Gasteiger partial charge in [-0.05, 0) is 25.7 Å². The molecular weight excluding hydrogens is 200 g/mol. The van der Waals surface area contributed by atoms with Crippen LogP contribution in [0.5, 0.6) is 0 Å². The summed E-state index contributed by atoms with van der Waals surface area (Å²) in [4.78, 5) is 8.84.